The second kappa shape index (κ2) is 6.38. The van der Waals surface area contributed by atoms with E-state index in [1.54, 1.807) is 0 Å². The second-order valence-electron chi connectivity index (χ2n) is 5.21. The van der Waals surface area contributed by atoms with Crippen molar-refractivity contribution in [2.24, 2.45) is 16.8 Å². The molecule has 0 bridgehead atoms. The second-order valence-corrected chi connectivity index (χ2v) is 5.21. The summed E-state index contributed by atoms with van der Waals surface area (Å²) in [7, 11) is 0. The molecule has 2 atom stereocenters. The molecule has 1 aliphatic rings. The maximum atomic E-state index is 11.2. The summed E-state index contributed by atoms with van der Waals surface area (Å²) in [6.45, 7) is 2.07. The van der Waals surface area contributed by atoms with Gasteiger partial charge in [0.25, 0.3) is 5.88 Å². The van der Waals surface area contributed by atoms with Gasteiger partial charge in [0.05, 0.1) is 4.92 Å². The first-order valence-corrected chi connectivity index (χ1v) is 6.82. The zero-order chi connectivity index (χ0) is 15.4. The number of oxime groups is 1. The SMILES string of the molecule is CC1CCCCC1Oc1ncc(C(N)=NO)cc1[N+](=O)[O-]. The molecule has 0 saturated heterocycles. The molecule has 1 fully saturated rings. The summed E-state index contributed by atoms with van der Waals surface area (Å²) < 4.78 is 5.73. The minimum Gasteiger partial charge on any atom is -0.469 e. The summed E-state index contributed by atoms with van der Waals surface area (Å²) in [5.74, 6) is 0.0836. The third kappa shape index (κ3) is 3.39. The van der Waals surface area contributed by atoms with Crippen molar-refractivity contribution in [2.45, 2.75) is 38.7 Å². The van der Waals surface area contributed by atoms with E-state index in [-0.39, 0.29) is 29.1 Å². The summed E-state index contributed by atoms with van der Waals surface area (Å²) in [5, 5.41) is 22.6. The topological polar surface area (TPSA) is 124 Å². The first kappa shape index (κ1) is 15.0. The number of ether oxygens (including phenoxy) is 1. The minimum atomic E-state index is -0.579. The number of pyridine rings is 1. The molecule has 114 valence electrons. The maximum absolute atomic E-state index is 11.2. The van der Waals surface area contributed by atoms with Gasteiger partial charge in [-0.25, -0.2) is 4.98 Å². The standard InChI is InChI=1S/C13H18N4O4/c1-8-4-2-3-5-11(8)21-13-10(17(19)20)6-9(7-15-13)12(14)16-18/h6-8,11,18H,2-5H2,1H3,(H2,14,16). The first-order chi connectivity index (χ1) is 10.0. The quantitative estimate of drug-likeness (QED) is 0.288. The maximum Gasteiger partial charge on any atom is 0.331 e. The number of hydrogen-bond acceptors (Lipinski definition) is 6. The Bertz CT molecular complexity index is 561. The Hall–Kier alpha value is -2.38. The Balaban J connectivity index is 2.28. The highest BCUT2D eigenvalue weighted by atomic mass is 16.6. The van der Waals surface area contributed by atoms with Gasteiger partial charge in [-0.1, -0.05) is 18.5 Å². The number of hydrogen-bond donors (Lipinski definition) is 2. The molecule has 0 radical (unpaired) electrons. The monoisotopic (exact) mass is 294 g/mol. The smallest absolute Gasteiger partial charge is 0.331 e. The van der Waals surface area contributed by atoms with Gasteiger partial charge in [-0.05, 0) is 25.2 Å². The van der Waals surface area contributed by atoms with E-state index >= 15 is 0 Å². The fraction of sp³-hybridized carbons (Fsp3) is 0.538. The summed E-state index contributed by atoms with van der Waals surface area (Å²) in [4.78, 5) is 14.5. The highest BCUT2D eigenvalue weighted by Crippen LogP contribution is 2.31. The van der Waals surface area contributed by atoms with Gasteiger partial charge >= 0.3 is 5.69 Å². The Labute approximate surface area is 121 Å². The lowest BCUT2D eigenvalue weighted by Crippen LogP contribution is -2.29. The number of amidine groups is 1. The molecule has 0 amide bonds. The Morgan fingerprint density at radius 3 is 2.90 bits per heavy atom. The fourth-order valence-electron chi connectivity index (χ4n) is 2.46. The van der Waals surface area contributed by atoms with Crippen molar-refractivity contribution in [3.8, 4) is 5.88 Å². The number of aromatic nitrogens is 1. The Kier molecular flexibility index (Phi) is 4.56. The van der Waals surface area contributed by atoms with Crippen LogP contribution in [-0.4, -0.2) is 27.1 Å². The molecule has 0 aromatic carbocycles. The third-order valence-electron chi connectivity index (χ3n) is 3.73. The molecule has 2 rings (SSSR count). The molecule has 8 heteroatoms. The van der Waals surface area contributed by atoms with Crippen LogP contribution in [0.5, 0.6) is 5.88 Å². The van der Waals surface area contributed by atoms with Gasteiger partial charge in [-0.2, -0.15) is 0 Å². The van der Waals surface area contributed by atoms with Crippen molar-refractivity contribution in [3.63, 3.8) is 0 Å². The van der Waals surface area contributed by atoms with Crippen molar-refractivity contribution in [2.75, 3.05) is 0 Å². The van der Waals surface area contributed by atoms with Gasteiger partial charge in [0.15, 0.2) is 5.84 Å². The van der Waals surface area contributed by atoms with Crippen LogP contribution in [0, 0.1) is 16.0 Å². The molecule has 8 nitrogen and oxygen atoms in total. The van der Waals surface area contributed by atoms with E-state index in [0.29, 0.717) is 5.92 Å². The van der Waals surface area contributed by atoms with E-state index in [0.717, 1.165) is 25.7 Å². The number of nitro groups is 1. The van der Waals surface area contributed by atoms with Crippen LogP contribution in [0.1, 0.15) is 38.2 Å². The van der Waals surface area contributed by atoms with Crippen LogP contribution in [0.15, 0.2) is 17.4 Å². The predicted molar refractivity (Wildman–Crippen MR) is 75.5 cm³/mol. The van der Waals surface area contributed by atoms with Crippen LogP contribution < -0.4 is 10.5 Å². The summed E-state index contributed by atoms with van der Waals surface area (Å²) in [6, 6.07) is 1.20. The van der Waals surface area contributed by atoms with Gasteiger partial charge in [-0.3, -0.25) is 10.1 Å². The summed E-state index contributed by atoms with van der Waals surface area (Å²) in [6.07, 6.45) is 5.33. The third-order valence-corrected chi connectivity index (χ3v) is 3.73. The Morgan fingerprint density at radius 1 is 1.57 bits per heavy atom. The molecular weight excluding hydrogens is 276 g/mol. The average Bonchev–Trinajstić information content (AvgIpc) is 2.49. The lowest BCUT2D eigenvalue weighted by atomic mass is 9.88. The van der Waals surface area contributed by atoms with E-state index < -0.39 is 4.92 Å². The molecule has 1 aromatic heterocycles. The largest absolute Gasteiger partial charge is 0.469 e. The van der Waals surface area contributed by atoms with Crippen LogP contribution in [0.2, 0.25) is 0 Å². The highest BCUT2D eigenvalue weighted by Gasteiger charge is 2.27. The zero-order valence-corrected chi connectivity index (χ0v) is 11.7. The lowest BCUT2D eigenvalue weighted by Gasteiger charge is -2.28. The van der Waals surface area contributed by atoms with E-state index in [2.05, 4.69) is 17.1 Å². The molecule has 3 N–H and O–H groups in total. The number of nitrogens with zero attached hydrogens (tertiary/aromatic N) is 3. The van der Waals surface area contributed by atoms with Gasteiger partial charge in [0, 0.05) is 17.8 Å². The van der Waals surface area contributed by atoms with Crippen molar-refractivity contribution in [1.29, 1.82) is 0 Å². The molecule has 0 aliphatic heterocycles. The lowest BCUT2D eigenvalue weighted by molar-refractivity contribution is -0.386. The highest BCUT2D eigenvalue weighted by molar-refractivity contribution is 5.97. The first-order valence-electron chi connectivity index (χ1n) is 6.82. The molecule has 2 unspecified atom stereocenters. The van der Waals surface area contributed by atoms with Crippen LogP contribution in [0.4, 0.5) is 5.69 Å². The van der Waals surface area contributed by atoms with E-state index in [9.17, 15) is 10.1 Å². The summed E-state index contributed by atoms with van der Waals surface area (Å²) in [5.41, 5.74) is 5.31. The zero-order valence-electron chi connectivity index (χ0n) is 11.7. The van der Waals surface area contributed by atoms with Crippen LogP contribution in [0.25, 0.3) is 0 Å². The van der Waals surface area contributed by atoms with Crippen LogP contribution in [-0.2, 0) is 0 Å². The molecule has 1 saturated carbocycles. The van der Waals surface area contributed by atoms with Crippen molar-refractivity contribution in [3.05, 3.63) is 27.9 Å². The minimum absolute atomic E-state index is 0.0201. The van der Waals surface area contributed by atoms with Gasteiger partial charge in [-0.15, -0.1) is 0 Å². The normalized spacial score (nSPS) is 22.8. The van der Waals surface area contributed by atoms with Gasteiger partial charge in [0.2, 0.25) is 0 Å². The van der Waals surface area contributed by atoms with Gasteiger partial charge in [0.1, 0.15) is 6.10 Å². The van der Waals surface area contributed by atoms with Crippen molar-refractivity contribution >= 4 is 11.5 Å². The van der Waals surface area contributed by atoms with Crippen LogP contribution >= 0.6 is 0 Å². The molecular formula is C13H18N4O4. The van der Waals surface area contributed by atoms with Crippen molar-refractivity contribution < 1.29 is 14.9 Å². The van der Waals surface area contributed by atoms with E-state index in [4.69, 9.17) is 15.7 Å². The van der Waals surface area contributed by atoms with Gasteiger partial charge < -0.3 is 15.7 Å². The molecule has 21 heavy (non-hydrogen) atoms. The summed E-state index contributed by atoms with van der Waals surface area (Å²) >= 11 is 0. The molecule has 1 heterocycles. The number of nitrogens with two attached hydrogens (primary N) is 1. The average molecular weight is 294 g/mol. The van der Waals surface area contributed by atoms with Crippen molar-refractivity contribution in [1.82, 2.24) is 4.98 Å². The fourth-order valence-corrected chi connectivity index (χ4v) is 2.46. The molecule has 0 spiro atoms. The molecule has 1 aliphatic carbocycles. The van der Waals surface area contributed by atoms with E-state index in [1.165, 1.54) is 12.3 Å². The number of rotatable bonds is 4. The van der Waals surface area contributed by atoms with Crippen LogP contribution in [0.3, 0.4) is 0 Å². The molecule has 1 aromatic rings. The van der Waals surface area contributed by atoms with E-state index in [1.807, 2.05) is 0 Å². The predicted octanol–water partition coefficient (Wildman–Crippen LogP) is 2.04. The Morgan fingerprint density at radius 2 is 2.29 bits per heavy atom.